The third-order valence-corrected chi connectivity index (χ3v) is 7.58. The number of H-pyrrole nitrogens is 1. The Bertz CT molecular complexity index is 1010. The molecule has 0 radical (unpaired) electrons. The lowest BCUT2D eigenvalue weighted by Gasteiger charge is -2.47. The van der Waals surface area contributed by atoms with Gasteiger partial charge in [0, 0.05) is 29.6 Å². The van der Waals surface area contributed by atoms with E-state index < -0.39 is 0 Å². The summed E-state index contributed by atoms with van der Waals surface area (Å²) in [6.07, 6.45) is 6.98. The molecule has 4 nitrogen and oxygen atoms in total. The second kappa shape index (κ2) is 7.95. The third-order valence-electron chi connectivity index (χ3n) is 6.14. The molecule has 1 aromatic heterocycles. The van der Waals surface area contributed by atoms with Crippen LogP contribution in [0.2, 0.25) is 10.0 Å². The average molecular weight is 448 g/mol. The molecule has 1 spiro atoms. The molecule has 0 amide bonds. The third kappa shape index (κ3) is 3.93. The molecule has 5 rings (SSSR count). The predicted octanol–water partition coefficient (Wildman–Crippen LogP) is 6.50. The molecule has 1 aliphatic carbocycles. The van der Waals surface area contributed by atoms with Crippen molar-refractivity contribution >= 4 is 51.7 Å². The van der Waals surface area contributed by atoms with Crippen LogP contribution in [0.1, 0.15) is 25.7 Å². The van der Waals surface area contributed by atoms with E-state index in [1.54, 1.807) is 18.1 Å². The van der Waals surface area contributed by atoms with E-state index in [4.69, 9.17) is 27.9 Å². The van der Waals surface area contributed by atoms with Crippen LogP contribution in [0.15, 0.2) is 47.5 Å². The smallest absolute Gasteiger partial charge is 0.119 e. The molecule has 7 heteroatoms. The van der Waals surface area contributed by atoms with Gasteiger partial charge in [0.25, 0.3) is 0 Å². The lowest BCUT2D eigenvalue weighted by molar-refractivity contribution is 0.0421. The minimum atomic E-state index is 0.345. The largest absolute Gasteiger partial charge is 0.490 e. The van der Waals surface area contributed by atoms with Crippen LogP contribution in [-0.2, 0) is 0 Å². The molecule has 2 aromatic carbocycles. The maximum Gasteiger partial charge on any atom is 0.119 e. The molecule has 3 aromatic rings. The summed E-state index contributed by atoms with van der Waals surface area (Å²) in [5.74, 6) is 0.951. The minimum Gasteiger partial charge on any atom is -0.490 e. The van der Waals surface area contributed by atoms with Gasteiger partial charge in [0.1, 0.15) is 5.75 Å². The second-order valence-corrected chi connectivity index (χ2v) is 9.77. The van der Waals surface area contributed by atoms with E-state index in [0.29, 0.717) is 21.6 Å². The fraction of sp³-hybridized carbons (Fsp3) is 0.364. The van der Waals surface area contributed by atoms with Crippen molar-refractivity contribution in [3.05, 3.63) is 52.6 Å². The fourth-order valence-corrected chi connectivity index (χ4v) is 5.53. The number of halogens is 2. The summed E-state index contributed by atoms with van der Waals surface area (Å²) in [6, 6.07) is 12.1. The van der Waals surface area contributed by atoms with Crippen molar-refractivity contribution in [2.75, 3.05) is 17.8 Å². The molecule has 1 aliphatic heterocycles. The minimum absolute atomic E-state index is 0.345. The van der Waals surface area contributed by atoms with E-state index in [0.717, 1.165) is 40.1 Å². The molecular weight excluding hydrogens is 425 g/mol. The zero-order valence-electron chi connectivity index (χ0n) is 15.9. The summed E-state index contributed by atoms with van der Waals surface area (Å²) < 4.78 is 9.61. The van der Waals surface area contributed by atoms with Gasteiger partial charge in [-0.1, -0.05) is 23.2 Å². The van der Waals surface area contributed by atoms with Crippen LogP contribution >= 0.6 is 35.1 Å². The summed E-state index contributed by atoms with van der Waals surface area (Å²) >= 11 is 14.0. The van der Waals surface area contributed by atoms with Crippen molar-refractivity contribution in [2.45, 2.75) is 36.7 Å². The number of anilines is 1. The molecule has 2 heterocycles. The number of aromatic amines is 1. The molecule has 1 saturated carbocycles. The van der Waals surface area contributed by atoms with Crippen LogP contribution in [-0.4, -0.2) is 24.2 Å². The summed E-state index contributed by atoms with van der Waals surface area (Å²) in [7, 11) is 0. The highest BCUT2D eigenvalue weighted by atomic mass is 35.5. The van der Waals surface area contributed by atoms with E-state index >= 15 is 0 Å². The van der Waals surface area contributed by atoms with Gasteiger partial charge < -0.3 is 19.8 Å². The molecule has 0 bridgehead atoms. The SMILES string of the molecule is Clc1ccc(NSc2ccc(OC3CCC4(CC3)CNC4)cc2)c2[nH]cc(Cl)c12. The van der Waals surface area contributed by atoms with Crippen LogP contribution in [0.3, 0.4) is 0 Å². The van der Waals surface area contributed by atoms with E-state index in [1.807, 2.05) is 12.1 Å². The van der Waals surface area contributed by atoms with E-state index in [9.17, 15) is 0 Å². The van der Waals surface area contributed by atoms with Crippen molar-refractivity contribution in [1.29, 1.82) is 0 Å². The highest BCUT2D eigenvalue weighted by molar-refractivity contribution is 8.00. The van der Waals surface area contributed by atoms with Crippen molar-refractivity contribution in [3.63, 3.8) is 0 Å². The lowest BCUT2D eigenvalue weighted by atomic mass is 9.69. The Hall–Kier alpha value is -1.53. The maximum absolute atomic E-state index is 6.26. The quantitative estimate of drug-likeness (QED) is 0.390. The van der Waals surface area contributed by atoms with Crippen LogP contribution in [0.25, 0.3) is 10.9 Å². The molecule has 3 N–H and O–H groups in total. The van der Waals surface area contributed by atoms with Crippen molar-refractivity contribution in [3.8, 4) is 5.75 Å². The van der Waals surface area contributed by atoms with Crippen LogP contribution in [0, 0.1) is 5.41 Å². The standard InChI is InChI=1S/C22H23Cl2N3OS/c23-17-5-6-19(21-20(17)18(24)11-26-21)27-29-16-3-1-14(2-4-16)28-15-7-9-22(10-8-15)12-25-13-22/h1-6,11,15,25-27H,7-10,12-13H2. The van der Waals surface area contributed by atoms with Gasteiger partial charge in [0.15, 0.2) is 0 Å². The Morgan fingerprint density at radius 2 is 1.76 bits per heavy atom. The van der Waals surface area contributed by atoms with Crippen molar-refractivity contribution in [1.82, 2.24) is 10.3 Å². The first kappa shape index (κ1) is 19.4. The first-order valence-electron chi connectivity index (χ1n) is 9.97. The molecule has 2 aliphatic rings. The number of rotatable bonds is 5. The molecule has 0 unspecified atom stereocenters. The Morgan fingerprint density at radius 1 is 1.00 bits per heavy atom. The topological polar surface area (TPSA) is 49.1 Å². The zero-order chi connectivity index (χ0) is 19.8. The lowest BCUT2D eigenvalue weighted by Crippen LogP contribution is -2.55. The summed E-state index contributed by atoms with van der Waals surface area (Å²) in [5, 5.41) is 5.53. The van der Waals surface area contributed by atoms with Crippen molar-refractivity contribution in [2.24, 2.45) is 5.41 Å². The van der Waals surface area contributed by atoms with Gasteiger partial charge in [-0.05, 0) is 79.4 Å². The highest BCUT2D eigenvalue weighted by Crippen LogP contribution is 2.40. The molecular formula is C22H23Cl2N3OS. The van der Waals surface area contributed by atoms with Crippen LogP contribution in [0.5, 0.6) is 5.75 Å². The second-order valence-electron chi connectivity index (χ2n) is 8.08. The molecule has 1 saturated heterocycles. The van der Waals surface area contributed by atoms with Crippen LogP contribution < -0.4 is 14.8 Å². The van der Waals surface area contributed by atoms with Crippen LogP contribution in [0.4, 0.5) is 5.69 Å². The number of hydrogen-bond donors (Lipinski definition) is 3. The highest BCUT2D eigenvalue weighted by Gasteiger charge is 2.40. The van der Waals surface area contributed by atoms with Gasteiger partial charge in [0.2, 0.25) is 0 Å². The molecule has 152 valence electrons. The Kier molecular flexibility index (Phi) is 5.33. The molecule has 0 atom stereocenters. The Balaban J connectivity index is 1.19. The van der Waals surface area contributed by atoms with E-state index in [1.165, 1.54) is 25.9 Å². The zero-order valence-corrected chi connectivity index (χ0v) is 18.3. The summed E-state index contributed by atoms with van der Waals surface area (Å²) in [5.41, 5.74) is 2.43. The summed E-state index contributed by atoms with van der Waals surface area (Å²) in [6.45, 7) is 2.38. The van der Waals surface area contributed by atoms with Crippen molar-refractivity contribution < 1.29 is 4.74 Å². The Labute approximate surface area is 184 Å². The molecule has 2 fully saturated rings. The number of hydrogen-bond acceptors (Lipinski definition) is 4. The maximum atomic E-state index is 6.26. The van der Waals surface area contributed by atoms with Gasteiger partial charge in [-0.2, -0.15) is 0 Å². The first-order valence-corrected chi connectivity index (χ1v) is 11.5. The van der Waals surface area contributed by atoms with Gasteiger partial charge >= 0.3 is 0 Å². The number of fused-ring (bicyclic) bond motifs is 1. The van der Waals surface area contributed by atoms with E-state index in [-0.39, 0.29) is 0 Å². The number of ether oxygens (including phenoxy) is 1. The fourth-order valence-electron chi connectivity index (χ4n) is 4.30. The number of aromatic nitrogens is 1. The molecule has 29 heavy (non-hydrogen) atoms. The number of benzene rings is 2. The van der Waals surface area contributed by atoms with Gasteiger partial charge in [0.05, 0.1) is 27.4 Å². The van der Waals surface area contributed by atoms with Gasteiger partial charge in [-0.25, -0.2) is 0 Å². The Morgan fingerprint density at radius 3 is 2.45 bits per heavy atom. The average Bonchev–Trinajstić information content (AvgIpc) is 3.11. The monoisotopic (exact) mass is 447 g/mol. The predicted molar refractivity (Wildman–Crippen MR) is 122 cm³/mol. The van der Waals surface area contributed by atoms with Gasteiger partial charge in [-0.3, -0.25) is 0 Å². The normalized spacial score (nSPS) is 18.7. The first-order chi connectivity index (χ1) is 14.1. The van der Waals surface area contributed by atoms with Gasteiger partial charge in [-0.15, -0.1) is 0 Å². The summed E-state index contributed by atoms with van der Waals surface area (Å²) in [4.78, 5) is 4.30. The number of nitrogens with one attached hydrogen (secondary N) is 3. The van der Waals surface area contributed by atoms with E-state index in [2.05, 4.69) is 39.3 Å².